The zero-order valence-corrected chi connectivity index (χ0v) is 26.4. The van der Waals surface area contributed by atoms with E-state index < -0.39 is 0 Å². The van der Waals surface area contributed by atoms with E-state index in [-0.39, 0.29) is 39.3 Å². The normalized spacial score (nSPS) is 50.0. The number of nitrogens with two attached hydrogens (primary N) is 2. The summed E-state index contributed by atoms with van der Waals surface area (Å²) in [6.45, 7) is 17.5. The Morgan fingerprint density at radius 3 is 2.27 bits per heavy atom. The van der Waals surface area contributed by atoms with Crippen LogP contribution in [-0.2, 0) is 0 Å². The molecule has 0 aromatic rings. The van der Waals surface area contributed by atoms with Crippen LogP contribution >= 0.6 is 11.8 Å². The van der Waals surface area contributed by atoms with E-state index in [1.165, 1.54) is 55.9 Å². The summed E-state index contributed by atoms with van der Waals surface area (Å²) < 4.78 is 0. The summed E-state index contributed by atoms with van der Waals surface area (Å²) in [5.41, 5.74) is 8.02. The van der Waals surface area contributed by atoms with E-state index in [1.807, 2.05) is 0 Å². The molecule has 0 amide bonds. The van der Waals surface area contributed by atoms with Gasteiger partial charge in [0.15, 0.2) is 0 Å². The zero-order valence-electron chi connectivity index (χ0n) is 24.0. The molecule has 5 rings (SSSR count). The van der Waals surface area contributed by atoms with E-state index in [9.17, 15) is 10.2 Å². The van der Waals surface area contributed by atoms with Gasteiger partial charge in [0, 0.05) is 12.4 Å². The highest BCUT2D eigenvalue weighted by atomic mass is 79.9. The molecule has 0 radical (unpaired) electrons. The summed E-state index contributed by atoms with van der Waals surface area (Å²) in [6, 6.07) is 0. The van der Waals surface area contributed by atoms with E-state index >= 15 is 0 Å². The third-order valence-electron chi connectivity index (χ3n) is 13.8. The van der Waals surface area contributed by atoms with Gasteiger partial charge >= 0.3 is 0 Å². The number of aliphatic hydroxyl groups is 2. The van der Waals surface area contributed by atoms with Crippen LogP contribution < -0.4 is 28.1 Å². The Morgan fingerprint density at radius 2 is 1.62 bits per heavy atom. The van der Waals surface area contributed by atoms with Crippen LogP contribution in [0.5, 0.6) is 0 Å². The van der Waals surface area contributed by atoms with Crippen LogP contribution in [0.15, 0.2) is 12.2 Å². The van der Waals surface area contributed by atoms with Crippen molar-refractivity contribution in [2.24, 2.45) is 62.4 Å². The molecule has 4 nitrogen and oxygen atoms in total. The lowest BCUT2D eigenvalue weighted by Crippen LogP contribution is -3.00. The second-order valence-corrected chi connectivity index (χ2v) is 16.1. The molecule has 6 heteroatoms. The van der Waals surface area contributed by atoms with Crippen LogP contribution in [0, 0.1) is 56.7 Å². The molecule has 5 aliphatic rings. The summed E-state index contributed by atoms with van der Waals surface area (Å²) in [4.78, 5) is 0. The number of aliphatic hydroxyl groups excluding tert-OH is 2. The number of hydrogen-bond acceptors (Lipinski definition) is 3. The van der Waals surface area contributed by atoms with Crippen molar-refractivity contribution < 1.29 is 32.6 Å². The Balaban J connectivity index is 0.00000320. The highest BCUT2D eigenvalue weighted by Crippen LogP contribution is 2.77. The van der Waals surface area contributed by atoms with E-state index in [0.717, 1.165) is 31.4 Å². The maximum absolute atomic E-state index is 11.0. The average molecular weight is 598 g/mol. The summed E-state index contributed by atoms with van der Waals surface area (Å²) >= 11 is 1.52. The van der Waals surface area contributed by atoms with Crippen molar-refractivity contribution in [1.82, 2.24) is 0 Å². The molecule has 37 heavy (non-hydrogen) atoms. The third kappa shape index (κ3) is 4.07. The van der Waals surface area contributed by atoms with Gasteiger partial charge in [0.25, 0.3) is 5.17 Å². The van der Waals surface area contributed by atoms with Crippen molar-refractivity contribution >= 4 is 16.9 Å². The smallest absolute Gasteiger partial charge is 0.300 e. The fourth-order valence-electron chi connectivity index (χ4n) is 11.7. The number of hydrogen-bond donors (Lipinski definition) is 4. The van der Waals surface area contributed by atoms with Gasteiger partial charge in [0.05, 0.1) is 6.10 Å². The minimum absolute atomic E-state index is 0. The number of halogens is 1. The van der Waals surface area contributed by atoms with Gasteiger partial charge in [0.1, 0.15) is 0 Å². The molecule has 1 unspecified atom stereocenters. The molecular formula is C31H53BrN2O2S. The minimum Gasteiger partial charge on any atom is -1.00 e. The Morgan fingerprint density at radius 1 is 0.919 bits per heavy atom. The van der Waals surface area contributed by atoms with Crippen molar-refractivity contribution in [1.29, 1.82) is 0 Å². The van der Waals surface area contributed by atoms with Crippen LogP contribution in [0.1, 0.15) is 98.8 Å². The monoisotopic (exact) mass is 596 g/mol. The van der Waals surface area contributed by atoms with Crippen molar-refractivity contribution in [3.63, 3.8) is 0 Å². The molecule has 0 aromatic carbocycles. The first-order valence-electron chi connectivity index (χ1n) is 14.7. The van der Waals surface area contributed by atoms with Crippen LogP contribution in [-0.4, -0.2) is 33.8 Å². The molecule has 5 saturated carbocycles. The first kappa shape index (κ1) is 29.9. The molecule has 0 bridgehead atoms. The first-order chi connectivity index (χ1) is 16.8. The largest absolute Gasteiger partial charge is 1.00 e. The van der Waals surface area contributed by atoms with Gasteiger partial charge in [-0.3, -0.25) is 11.1 Å². The van der Waals surface area contributed by atoms with Crippen LogP contribution in [0.3, 0.4) is 0 Å². The highest BCUT2D eigenvalue weighted by molar-refractivity contribution is 8.13. The fraction of sp³-hybridized carbons (Fsp3) is 0.903. The van der Waals surface area contributed by atoms with Gasteiger partial charge in [-0.2, -0.15) is 0 Å². The molecule has 5 aliphatic carbocycles. The Kier molecular flexibility index (Phi) is 7.93. The zero-order chi connectivity index (χ0) is 26.3. The number of thioether (sulfide) groups is 1. The SMILES string of the molecule is C=C(CSC(N)=[NH2+])[C@@H]1CC[C@]2(CO)CC[C@]3(C)[C@H](CCC4[C@@]5(C)CC[C@H](O)C(C)(C)[C@@H]5CC[C@]43C)[C@@H]12.[Br-]. The molecule has 5 fully saturated rings. The topological polar surface area (TPSA) is 92.1 Å². The fourth-order valence-corrected chi connectivity index (χ4v) is 12.3. The second kappa shape index (κ2) is 9.80. The standard InChI is InChI=1S/C31H52N2O2S.BrH/c1-19(17-36-26(32)33)20-9-14-31(18-34)16-15-29(5)21(25(20)31)7-8-23-28(4)12-11-24(35)27(2,3)22(28)10-13-30(23,29)6;/h20-25,34-35H,1,7-18H2,2-6H3,(H3,32,33);1H/t20-,21+,22-,23?,24-,25+,28-,29+,30+,31+;/m0./s1. The molecule has 10 atom stereocenters. The van der Waals surface area contributed by atoms with Crippen molar-refractivity contribution in [2.45, 2.75) is 105 Å². The van der Waals surface area contributed by atoms with Crippen LogP contribution in [0.25, 0.3) is 0 Å². The summed E-state index contributed by atoms with van der Waals surface area (Å²) in [7, 11) is 0. The van der Waals surface area contributed by atoms with Gasteiger partial charge < -0.3 is 27.2 Å². The van der Waals surface area contributed by atoms with E-state index in [0.29, 0.717) is 52.2 Å². The Hall–Kier alpha value is -0.0400. The first-order valence-corrected chi connectivity index (χ1v) is 15.7. The molecule has 0 spiro atoms. The Bertz CT molecular complexity index is 927. The molecule has 0 aromatic heterocycles. The number of rotatable bonds is 4. The van der Waals surface area contributed by atoms with E-state index in [4.69, 9.17) is 11.1 Å². The predicted octanol–water partition coefficient (Wildman–Crippen LogP) is 1.79. The lowest BCUT2D eigenvalue weighted by Gasteiger charge is -2.73. The molecular weight excluding hydrogens is 544 g/mol. The predicted molar refractivity (Wildman–Crippen MR) is 150 cm³/mol. The van der Waals surface area contributed by atoms with Crippen molar-refractivity contribution in [3.05, 3.63) is 12.2 Å². The van der Waals surface area contributed by atoms with Crippen molar-refractivity contribution in [3.8, 4) is 0 Å². The maximum atomic E-state index is 11.0. The summed E-state index contributed by atoms with van der Waals surface area (Å²) in [5, 5.41) is 28.0. The minimum atomic E-state index is -0.172. The van der Waals surface area contributed by atoms with Crippen LogP contribution in [0.2, 0.25) is 0 Å². The number of fused-ring (bicyclic) bond motifs is 7. The van der Waals surface area contributed by atoms with E-state index in [2.05, 4.69) is 41.2 Å². The summed E-state index contributed by atoms with van der Waals surface area (Å²) in [5.74, 6) is 3.72. The average Bonchev–Trinajstić information content (AvgIpc) is 3.21. The lowest BCUT2D eigenvalue weighted by atomic mass is 9.32. The van der Waals surface area contributed by atoms with Gasteiger partial charge in [-0.05, 0) is 133 Å². The van der Waals surface area contributed by atoms with Gasteiger partial charge in [-0.1, -0.05) is 46.8 Å². The highest BCUT2D eigenvalue weighted by Gasteiger charge is 2.70. The molecule has 0 saturated heterocycles. The Labute approximate surface area is 240 Å². The molecule has 212 valence electrons. The maximum Gasteiger partial charge on any atom is 0.300 e. The third-order valence-corrected chi connectivity index (χ3v) is 14.7. The van der Waals surface area contributed by atoms with Crippen LogP contribution in [0.4, 0.5) is 0 Å². The van der Waals surface area contributed by atoms with Gasteiger partial charge in [-0.15, -0.1) is 0 Å². The molecule has 0 aliphatic heterocycles. The summed E-state index contributed by atoms with van der Waals surface area (Å²) in [6.07, 6.45) is 11.7. The van der Waals surface area contributed by atoms with Gasteiger partial charge in [0.2, 0.25) is 0 Å². The molecule has 0 heterocycles. The van der Waals surface area contributed by atoms with Crippen molar-refractivity contribution in [2.75, 3.05) is 12.4 Å². The lowest BCUT2D eigenvalue weighted by molar-refractivity contribution is -0.249. The second-order valence-electron chi connectivity index (χ2n) is 15.1. The van der Waals surface area contributed by atoms with Gasteiger partial charge in [-0.25, -0.2) is 0 Å². The molecule has 6 N–H and O–H groups in total. The number of amidine groups is 1. The van der Waals surface area contributed by atoms with E-state index in [1.54, 1.807) is 0 Å². The quantitative estimate of drug-likeness (QED) is 0.226.